The van der Waals surface area contributed by atoms with E-state index in [1.54, 1.807) is 12.3 Å². The van der Waals surface area contributed by atoms with Crippen molar-refractivity contribution in [3.8, 4) is 0 Å². The smallest absolute Gasteiger partial charge is 0.143 e. The first-order valence-corrected chi connectivity index (χ1v) is 5.04. The Kier molecular flexibility index (Phi) is 2.76. The average molecular weight is 220 g/mol. The first kappa shape index (κ1) is 10.5. The van der Waals surface area contributed by atoms with Gasteiger partial charge in [-0.3, -0.25) is 5.10 Å². The van der Waals surface area contributed by atoms with Crippen molar-refractivity contribution in [2.24, 2.45) is 0 Å². The molecular formula is C11H13FN4. The zero-order valence-electron chi connectivity index (χ0n) is 8.94. The van der Waals surface area contributed by atoms with E-state index in [-0.39, 0.29) is 5.82 Å². The Morgan fingerprint density at radius 1 is 1.50 bits per heavy atom. The number of halogens is 1. The number of nitrogen functional groups attached to an aromatic ring is 1. The molecule has 0 unspecified atom stereocenters. The monoisotopic (exact) mass is 220 g/mol. The van der Waals surface area contributed by atoms with E-state index < -0.39 is 0 Å². The van der Waals surface area contributed by atoms with Crippen LogP contribution in [0.3, 0.4) is 0 Å². The Balaban J connectivity index is 2.40. The number of aromatic amines is 1. The van der Waals surface area contributed by atoms with Gasteiger partial charge in [-0.1, -0.05) is 6.07 Å². The average Bonchev–Trinajstić information content (AvgIpc) is 2.67. The van der Waals surface area contributed by atoms with Crippen molar-refractivity contribution in [1.29, 1.82) is 0 Å². The highest BCUT2D eigenvalue weighted by molar-refractivity contribution is 5.71. The first-order chi connectivity index (χ1) is 7.72. The minimum atomic E-state index is -0.266. The van der Waals surface area contributed by atoms with Crippen LogP contribution in [0, 0.1) is 5.82 Å². The summed E-state index contributed by atoms with van der Waals surface area (Å²) >= 11 is 0. The van der Waals surface area contributed by atoms with Gasteiger partial charge in [-0.25, -0.2) is 4.39 Å². The van der Waals surface area contributed by atoms with Crippen LogP contribution in [0.5, 0.6) is 0 Å². The zero-order chi connectivity index (χ0) is 11.5. The summed E-state index contributed by atoms with van der Waals surface area (Å²) in [5.41, 5.74) is 7.26. The lowest BCUT2D eigenvalue weighted by molar-refractivity contribution is 0.627. The third-order valence-corrected chi connectivity index (χ3v) is 2.37. The second kappa shape index (κ2) is 4.22. The number of hydrogen-bond acceptors (Lipinski definition) is 3. The van der Waals surface area contributed by atoms with E-state index in [9.17, 15) is 4.39 Å². The summed E-state index contributed by atoms with van der Waals surface area (Å²) in [6, 6.07) is 6.38. The van der Waals surface area contributed by atoms with Crippen molar-refractivity contribution in [3.63, 3.8) is 0 Å². The van der Waals surface area contributed by atoms with Gasteiger partial charge in [-0.05, 0) is 25.1 Å². The standard InChI is InChI=1S/C11H13FN4/c1-2-16(10-7-14-15-11(10)13)9-5-3-4-8(12)6-9/h3-7H,2H2,1H3,(H3,13,14,15). The van der Waals surface area contributed by atoms with E-state index in [2.05, 4.69) is 10.2 Å². The second-order valence-electron chi connectivity index (χ2n) is 3.39. The predicted octanol–water partition coefficient (Wildman–Crippen LogP) is 2.29. The van der Waals surface area contributed by atoms with Crippen molar-refractivity contribution >= 4 is 17.2 Å². The third kappa shape index (κ3) is 1.84. The van der Waals surface area contributed by atoms with Gasteiger partial charge in [-0.15, -0.1) is 0 Å². The molecule has 2 aromatic rings. The van der Waals surface area contributed by atoms with Crippen molar-refractivity contribution in [2.75, 3.05) is 17.2 Å². The Hall–Kier alpha value is -2.04. The normalized spacial score (nSPS) is 10.4. The van der Waals surface area contributed by atoms with Gasteiger partial charge >= 0.3 is 0 Å². The summed E-state index contributed by atoms with van der Waals surface area (Å²) in [4.78, 5) is 1.89. The van der Waals surface area contributed by atoms with Crippen LogP contribution in [-0.4, -0.2) is 16.7 Å². The molecule has 0 bridgehead atoms. The number of rotatable bonds is 3. The molecule has 0 aliphatic heterocycles. The minimum Gasteiger partial charge on any atom is -0.382 e. The lowest BCUT2D eigenvalue weighted by atomic mass is 10.2. The Morgan fingerprint density at radius 3 is 2.88 bits per heavy atom. The van der Waals surface area contributed by atoms with Gasteiger partial charge in [0, 0.05) is 12.2 Å². The van der Waals surface area contributed by atoms with Gasteiger partial charge < -0.3 is 10.6 Å². The molecule has 0 saturated carbocycles. The van der Waals surface area contributed by atoms with Crippen LogP contribution in [0.4, 0.5) is 21.6 Å². The maximum Gasteiger partial charge on any atom is 0.143 e. The molecule has 1 aromatic carbocycles. The topological polar surface area (TPSA) is 57.9 Å². The molecule has 1 aromatic heterocycles. The van der Waals surface area contributed by atoms with Gasteiger partial charge in [0.1, 0.15) is 17.3 Å². The molecule has 0 amide bonds. The Labute approximate surface area is 92.9 Å². The van der Waals surface area contributed by atoms with Crippen LogP contribution in [-0.2, 0) is 0 Å². The van der Waals surface area contributed by atoms with Crippen LogP contribution < -0.4 is 10.6 Å². The fourth-order valence-electron chi connectivity index (χ4n) is 1.64. The summed E-state index contributed by atoms with van der Waals surface area (Å²) in [6.45, 7) is 2.66. The number of hydrogen-bond donors (Lipinski definition) is 2. The molecule has 1 heterocycles. The lowest BCUT2D eigenvalue weighted by Gasteiger charge is -2.21. The number of nitrogens with zero attached hydrogens (tertiary/aromatic N) is 2. The second-order valence-corrected chi connectivity index (χ2v) is 3.39. The fraction of sp³-hybridized carbons (Fsp3) is 0.182. The SMILES string of the molecule is CCN(c1cccc(F)c1)c1cn[nH]c1N. The molecule has 0 fully saturated rings. The summed E-state index contributed by atoms with van der Waals surface area (Å²) in [5.74, 6) is 0.212. The molecule has 0 saturated heterocycles. The number of aromatic nitrogens is 2. The predicted molar refractivity (Wildman–Crippen MR) is 62.1 cm³/mol. The molecule has 5 heteroatoms. The molecule has 0 radical (unpaired) electrons. The molecule has 16 heavy (non-hydrogen) atoms. The highest BCUT2D eigenvalue weighted by atomic mass is 19.1. The summed E-state index contributed by atoms with van der Waals surface area (Å²) < 4.78 is 13.1. The van der Waals surface area contributed by atoms with Crippen LogP contribution >= 0.6 is 0 Å². The van der Waals surface area contributed by atoms with E-state index in [1.807, 2.05) is 17.9 Å². The Bertz CT molecular complexity index is 480. The van der Waals surface area contributed by atoms with Gasteiger partial charge in [-0.2, -0.15) is 5.10 Å². The molecule has 2 rings (SSSR count). The van der Waals surface area contributed by atoms with Crippen molar-refractivity contribution in [3.05, 3.63) is 36.3 Å². The summed E-state index contributed by atoms with van der Waals surface area (Å²) in [7, 11) is 0. The van der Waals surface area contributed by atoms with E-state index in [1.165, 1.54) is 12.1 Å². The van der Waals surface area contributed by atoms with E-state index in [4.69, 9.17) is 5.73 Å². The van der Waals surface area contributed by atoms with Crippen LogP contribution in [0.1, 0.15) is 6.92 Å². The third-order valence-electron chi connectivity index (χ3n) is 2.37. The highest BCUT2D eigenvalue weighted by Crippen LogP contribution is 2.28. The number of anilines is 3. The van der Waals surface area contributed by atoms with Gasteiger partial charge in [0.25, 0.3) is 0 Å². The molecule has 0 aliphatic carbocycles. The van der Waals surface area contributed by atoms with Crippen LogP contribution in [0.2, 0.25) is 0 Å². The van der Waals surface area contributed by atoms with E-state index in [0.717, 1.165) is 11.4 Å². The van der Waals surface area contributed by atoms with E-state index >= 15 is 0 Å². The van der Waals surface area contributed by atoms with Crippen LogP contribution in [0.15, 0.2) is 30.5 Å². The number of benzene rings is 1. The van der Waals surface area contributed by atoms with Gasteiger partial charge in [0.15, 0.2) is 0 Å². The molecule has 3 N–H and O–H groups in total. The Morgan fingerprint density at radius 2 is 2.31 bits per heavy atom. The zero-order valence-corrected chi connectivity index (χ0v) is 8.94. The number of H-pyrrole nitrogens is 1. The summed E-state index contributed by atoms with van der Waals surface area (Å²) in [6.07, 6.45) is 1.63. The van der Waals surface area contributed by atoms with Crippen molar-refractivity contribution in [2.45, 2.75) is 6.92 Å². The maximum absolute atomic E-state index is 13.1. The van der Waals surface area contributed by atoms with Gasteiger partial charge in [0.2, 0.25) is 0 Å². The fourth-order valence-corrected chi connectivity index (χ4v) is 1.64. The molecule has 0 atom stereocenters. The molecule has 84 valence electrons. The first-order valence-electron chi connectivity index (χ1n) is 5.04. The van der Waals surface area contributed by atoms with Crippen molar-refractivity contribution in [1.82, 2.24) is 10.2 Å². The summed E-state index contributed by atoms with van der Waals surface area (Å²) in [5, 5.41) is 6.51. The highest BCUT2D eigenvalue weighted by Gasteiger charge is 2.12. The molecule has 0 spiro atoms. The molecular weight excluding hydrogens is 207 g/mol. The van der Waals surface area contributed by atoms with E-state index in [0.29, 0.717) is 12.4 Å². The minimum absolute atomic E-state index is 0.266. The van der Waals surface area contributed by atoms with Crippen molar-refractivity contribution < 1.29 is 4.39 Å². The molecule has 0 aliphatic rings. The van der Waals surface area contributed by atoms with Crippen LogP contribution in [0.25, 0.3) is 0 Å². The lowest BCUT2D eigenvalue weighted by Crippen LogP contribution is -2.16. The van der Waals surface area contributed by atoms with Gasteiger partial charge in [0.05, 0.1) is 6.20 Å². The number of nitrogens with one attached hydrogen (secondary N) is 1. The quantitative estimate of drug-likeness (QED) is 0.834. The largest absolute Gasteiger partial charge is 0.382 e. The molecule has 4 nitrogen and oxygen atoms in total. The number of nitrogens with two attached hydrogens (primary N) is 1. The maximum atomic E-state index is 13.1.